The number of hydrogen-bond donors (Lipinski definition) is 0. The van der Waals surface area contributed by atoms with Crippen molar-refractivity contribution < 1.29 is 19.1 Å². The lowest BCUT2D eigenvalue weighted by atomic mass is 10.1. The van der Waals surface area contributed by atoms with Gasteiger partial charge in [0.05, 0.1) is 26.5 Å². The molecule has 1 fully saturated rings. The van der Waals surface area contributed by atoms with E-state index in [9.17, 15) is 14.4 Å². The van der Waals surface area contributed by atoms with Gasteiger partial charge in [0.2, 0.25) is 11.7 Å². The molecule has 1 aromatic carbocycles. The molecule has 8 heteroatoms. The van der Waals surface area contributed by atoms with E-state index in [4.69, 9.17) is 27.9 Å². The summed E-state index contributed by atoms with van der Waals surface area (Å²) in [6.45, 7) is -0.188. The van der Waals surface area contributed by atoms with Crippen molar-refractivity contribution in [2.45, 2.75) is 6.42 Å². The Morgan fingerprint density at radius 2 is 2.04 bits per heavy atom. The van der Waals surface area contributed by atoms with Crippen LogP contribution in [0.2, 0.25) is 10.0 Å². The predicted octanol–water partition coefficient (Wildman–Crippen LogP) is 3.83. The van der Waals surface area contributed by atoms with Crippen LogP contribution in [0.1, 0.15) is 16.1 Å². The molecule has 0 spiro atoms. The Morgan fingerprint density at radius 1 is 1.24 bits per heavy atom. The molecular weight excluding hydrogens is 385 g/mol. The maximum atomic E-state index is 12.2. The minimum atomic E-state index is -0.640. The molecule has 2 aromatic rings. The van der Waals surface area contributed by atoms with E-state index in [1.807, 2.05) is 0 Å². The lowest BCUT2D eigenvalue weighted by Crippen LogP contribution is -2.27. The molecule has 5 nitrogen and oxygen atoms in total. The lowest BCUT2D eigenvalue weighted by Gasteiger charge is -2.18. The number of thiophene rings is 1. The summed E-state index contributed by atoms with van der Waals surface area (Å²) in [5.74, 6) is -1.71. The van der Waals surface area contributed by atoms with Crippen molar-refractivity contribution in [2.24, 2.45) is 5.92 Å². The standard InChI is InChI=1S/C17H13Cl2NO4S/c18-11-3-1-4-12(16(11)19)20-8-10(7-15(20)22)17(23)24-9-13(21)14-5-2-6-25-14/h1-6,10H,7-9H2/t10-/m0/s1. The van der Waals surface area contributed by atoms with Crippen molar-refractivity contribution in [1.29, 1.82) is 0 Å². The molecule has 0 bridgehead atoms. The van der Waals surface area contributed by atoms with Gasteiger partial charge < -0.3 is 9.64 Å². The number of anilines is 1. The average Bonchev–Trinajstić information content (AvgIpc) is 3.25. The number of benzene rings is 1. The van der Waals surface area contributed by atoms with Crippen LogP contribution in [-0.4, -0.2) is 30.8 Å². The Morgan fingerprint density at radius 3 is 2.76 bits per heavy atom. The van der Waals surface area contributed by atoms with Crippen LogP contribution in [0.3, 0.4) is 0 Å². The number of esters is 1. The first-order valence-corrected chi connectivity index (χ1v) is 9.08. The molecular formula is C17H13Cl2NO4S. The second-order valence-electron chi connectivity index (χ2n) is 5.49. The van der Waals surface area contributed by atoms with Crippen LogP contribution in [-0.2, 0) is 14.3 Å². The average molecular weight is 398 g/mol. The zero-order chi connectivity index (χ0) is 18.0. The van der Waals surface area contributed by atoms with E-state index >= 15 is 0 Å². The van der Waals surface area contributed by atoms with Crippen molar-refractivity contribution in [1.82, 2.24) is 0 Å². The molecule has 0 aliphatic carbocycles. The molecule has 1 aromatic heterocycles. The van der Waals surface area contributed by atoms with Crippen LogP contribution in [0.25, 0.3) is 0 Å². The maximum absolute atomic E-state index is 12.2. The normalized spacial score (nSPS) is 17.0. The zero-order valence-electron chi connectivity index (χ0n) is 12.9. The number of amides is 1. The Bertz CT molecular complexity index is 822. The van der Waals surface area contributed by atoms with Gasteiger partial charge in [0.1, 0.15) is 0 Å². The highest BCUT2D eigenvalue weighted by Gasteiger charge is 2.37. The highest BCUT2D eigenvalue weighted by molar-refractivity contribution is 7.12. The summed E-state index contributed by atoms with van der Waals surface area (Å²) >= 11 is 13.4. The van der Waals surface area contributed by atoms with Crippen molar-refractivity contribution in [3.8, 4) is 0 Å². The van der Waals surface area contributed by atoms with Gasteiger partial charge in [-0.15, -0.1) is 11.3 Å². The SMILES string of the molecule is O=C(COC(=O)[C@H]1CC(=O)N(c2cccc(Cl)c2Cl)C1)c1cccs1. The number of ether oxygens (including phenoxy) is 1. The highest BCUT2D eigenvalue weighted by Crippen LogP contribution is 2.35. The molecule has 1 aliphatic rings. The van der Waals surface area contributed by atoms with Crippen molar-refractivity contribution in [3.05, 3.63) is 50.6 Å². The summed E-state index contributed by atoms with van der Waals surface area (Å²) in [6.07, 6.45) is 0.00880. The molecule has 2 heterocycles. The fourth-order valence-electron chi connectivity index (χ4n) is 2.56. The van der Waals surface area contributed by atoms with Gasteiger partial charge in [-0.3, -0.25) is 14.4 Å². The van der Waals surface area contributed by atoms with Gasteiger partial charge >= 0.3 is 5.97 Å². The number of carbonyl (C=O) groups excluding carboxylic acids is 3. The Kier molecular flexibility index (Phi) is 5.42. The second kappa shape index (κ2) is 7.56. The van der Waals surface area contributed by atoms with Crippen LogP contribution in [0.5, 0.6) is 0 Å². The third kappa shape index (κ3) is 3.86. The number of hydrogen-bond acceptors (Lipinski definition) is 5. The monoisotopic (exact) mass is 397 g/mol. The van der Waals surface area contributed by atoms with Gasteiger partial charge in [-0.05, 0) is 23.6 Å². The van der Waals surface area contributed by atoms with Crippen LogP contribution in [0.4, 0.5) is 5.69 Å². The molecule has 0 saturated carbocycles. The van der Waals surface area contributed by atoms with Gasteiger partial charge in [-0.1, -0.05) is 35.3 Å². The van der Waals surface area contributed by atoms with E-state index in [1.54, 1.807) is 35.7 Å². The second-order valence-corrected chi connectivity index (χ2v) is 7.22. The van der Waals surface area contributed by atoms with E-state index in [1.165, 1.54) is 16.2 Å². The number of halogens is 2. The summed E-state index contributed by atoms with van der Waals surface area (Å²) in [5.41, 5.74) is 0.462. The summed E-state index contributed by atoms with van der Waals surface area (Å²) < 4.78 is 5.08. The fourth-order valence-corrected chi connectivity index (χ4v) is 3.61. The minimum absolute atomic E-state index is 0.00880. The number of rotatable bonds is 5. The minimum Gasteiger partial charge on any atom is -0.457 e. The highest BCUT2D eigenvalue weighted by atomic mass is 35.5. The quantitative estimate of drug-likeness (QED) is 0.567. The lowest BCUT2D eigenvalue weighted by molar-refractivity contribution is -0.147. The molecule has 1 amide bonds. The van der Waals surface area contributed by atoms with Gasteiger partial charge in [-0.25, -0.2) is 0 Å². The maximum Gasteiger partial charge on any atom is 0.311 e. The van der Waals surface area contributed by atoms with Crippen molar-refractivity contribution in [2.75, 3.05) is 18.1 Å². The summed E-state index contributed by atoms with van der Waals surface area (Å²) in [6, 6.07) is 8.39. The Balaban J connectivity index is 1.63. The summed E-state index contributed by atoms with van der Waals surface area (Å²) in [7, 11) is 0. The molecule has 1 saturated heterocycles. The van der Waals surface area contributed by atoms with Crippen molar-refractivity contribution >= 4 is 57.9 Å². The number of carbonyl (C=O) groups is 3. The van der Waals surface area contributed by atoms with Crippen LogP contribution in [0.15, 0.2) is 35.7 Å². The van der Waals surface area contributed by atoms with Gasteiger partial charge in [0.15, 0.2) is 6.61 Å². The molecule has 1 atom stereocenters. The van der Waals surface area contributed by atoms with Crippen LogP contribution < -0.4 is 4.90 Å². The molecule has 0 unspecified atom stereocenters. The van der Waals surface area contributed by atoms with E-state index in [2.05, 4.69) is 0 Å². The van der Waals surface area contributed by atoms with E-state index in [0.29, 0.717) is 15.6 Å². The van der Waals surface area contributed by atoms with Crippen molar-refractivity contribution in [3.63, 3.8) is 0 Å². The molecule has 3 rings (SSSR count). The third-order valence-corrected chi connectivity index (χ3v) is 5.54. The smallest absolute Gasteiger partial charge is 0.311 e. The van der Waals surface area contributed by atoms with Crippen LogP contribution >= 0.6 is 34.5 Å². The van der Waals surface area contributed by atoms with Gasteiger partial charge in [0, 0.05) is 13.0 Å². The molecule has 0 radical (unpaired) electrons. The summed E-state index contributed by atoms with van der Waals surface area (Å²) in [5, 5.41) is 2.37. The fraction of sp³-hybridized carbons (Fsp3) is 0.235. The number of Topliss-reactive ketones (excluding diaryl/α,β-unsaturated/α-hetero) is 1. The number of ketones is 1. The Labute approximate surface area is 158 Å². The number of nitrogens with zero attached hydrogens (tertiary/aromatic N) is 1. The summed E-state index contributed by atoms with van der Waals surface area (Å²) in [4.78, 5) is 38.2. The molecule has 0 N–H and O–H groups in total. The van der Waals surface area contributed by atoms with Gasteiger partial charge in [-0.2, -0.15) is 0 Å². The molecule has 130 valence electrons. The zero-order valence-corrected chi connectivity index (χ0v) is 15.2. The van der Waals surface area contributed by atoms with E-state index in [0.717, 1.165) is 0 Å². The van der Waals surface area contributed by atoms with E-state index < -0.39 is 11.9 Å². The predicted molar refractivity (Wildman–Crippen MR) is 96.5 cm³/mol. The van der Waals surface area contributed by atoms with E-state index in [-0.39, 0.29) is 36.3 Å². The van der Waals surface area contributed by atoms with Crippen LogP contribution in [0, 0.1) is 5.92 Å². The molecule has 1 aliphatic heterocycles. The molecule has 25 heavy (non-hydrogen) atoms. The first kappa shape index (κ1) is 17.9. The topological polar surface area (TPSA) is 63.7 Å². The first-order valence-electron chi connectivity index (χ1n) is 7.45. The largest absolute Gasteiger partial charge is 0.457 e. The Hall–Kier alpha value is -1.89. The van der Waals surface area contributed by atoms with Gasteiger partial charge in [0.25, 0.3) is 0 Å². The third-order valence-electron chi connectivity index (χ3n) is 3.82. The first-order chi connectivity index (χ1) is 12.0.